The molecule has 0 heterocycles. The quantitative estimate of drug-likeness (QED) is 0.890. The average Bonchev–Trinajstić information content (AvgIpc) is 3.37. The Balaban J connectivity index is 1.78. The van der Waals surface area contributed by atoms with Crippen LogP contribution in [0.3, 0.4) is 0 Å². The summed E-state index contributed by atoms with van der Waals surface area (Å²) in [5, 5.41) is 2.85. The molecule has 3 nitrogen and oxygen atoms in total. The van der Waals surface area contributed by atoms with Crippen molar-refractivity contribution < 1.29 is 9.18 Å². The van der Waals surface area contributed by atoms with Crippen LogP contribution >= 0.6 is 0 Å². The highest BCUT2D eigenvalue weighted by Crippen LogP contribution is 2.32. The second-order valence-corrected chi connectivity index (χ2v) is 6.21. The van der Waals surface area contributed by atoms with Crippen molar-refractivity contribution >= 4 is 5.91 Å². The minimum atomic E-state index is -0.507. The Morgan fingerprint density at radius 3 is 2.43 bits per heavy atom. The second kappa shape index (κ2) is 6.50. The SMILES string of the molecule is Cc1ccc(-c2ccc(C(=O)NC(CN)C3CC3)c(F)c2)cc1. The molecule has 1 fully saturated rings. The summed E-state index contributed by atoms with van der Waals surface area (Å²) in [6.45, 7) is 2.39. The largest absolute Gasteiger partial charge is 0.348 e. The van der Waals surface area contributed by atoms with E-state index in [0.29, 0.717) is 12.5 Å². The topological polar surface area (TPSA) is 55.1 Å². The van der Waals surface area contributed by atoms with E-state index in [4.69, 9.17) is 5.73 Å². The zero-order valence-electron chi connectivity index (χ0n) is 13.2. The van der Waals surface area contributed by atoms with Gasteiger partial charge >= 0.3 is 0 Å². The fraction of sp³-hybridized carbons (Fsp3) is 0.316. The van der Waals surface area contributed by atoms with E-state index in [1.54, 1.807) is 12.1 Å². The number of halogens is 1. The van der Waals surface area contributed by atoms with Gasteiger partial charge in [0.05, 0.1) is 5.56 Å². The van der Waals surface area contributed by atoms with Gasteiger partial charge in [-0.15, -0.1) is 0 Å². The Morgan fingerprint density at radius 1 is 1.22 bits per heavy atom. The van der Waals surface area contributed by atoms with Crippen molar-refractivity contribution in [1.82, 2.24) is 5.32 Å². The van der Waals surface area contributed by atoms with Gasteiger partial charge < -0.3 is 11.1 Å². The molecule has 1 amide bonds. The lowest BCUT2D eigenvalue weighted by molar-refractivity contribution is 0.0929. The van der Waals surface area contributed by atoms with Gasteiger partial charge in [0.25, 0.3) is 5.91 Å². The van der Waals surface area contributed by atoms with Crippen LogP contribution in [0.25, 0.3) is 11.1 Å². The van der Waals surface area contributed by atoms with Crippen molar-refractivity contribution in [2.24, 2.45) is 11.7 Å². The number of nitrogens with two attached hydrogens (primary N) is 1. The first-order valence-corrected chi connectivity index (χ1v) is 7.96. The zero-order valence-corrected chi connectivity index (χ0v) is 13.2. The summed E-state index contributed by atoms with van der Waals surface area (Å²) in [7, 11) is 0. The Kier molecular flexibility index (Phi) is 4.44. The van der Waals surface area contributed by atoms with Gasteiger partial charge in [-0.25, -0.2) is 4.39 Å². The van der Waals surface area contributed by atoms with Gasteiger partial charge in [-0.1, -0.05) is 35.9 Å². The van der Waals surface area contributed by atoms with Crippen LogP contribution in [0.4, 0.5) is 4.39 Å². The Bertz CT molecular complexity index is 708. The molecule has 0 bridgehead atoms. The lowest BCUT2D eigenvalue weighted by Crippen LogP contribution is -2.42. The fourth-order valence-corrected chi connectivity index (χ4v) is 2.74. The summed E-state index contributed by atoms with van der Waals surface area (Å²) in [6.07, 6.45) is 2.16. The van der Waals surface area contributed by atoms with Crippen molar-refractivity contribution in [3.8, 4) is 11.1 Å². The number of carbonyl (C=O) groups is 1. The van der Waals surface area contributed by atoms with E-state index in [-0.39, 0.29) is 17.5 Å². The van der Waals surface area contributed by atoms with Crippen LogP contribution in [0.5, 0.6) is 0 Å². The highest BCUT2D eigenvalue weighted by atomic mass is 19.1. The molecule has 120 valence electrons. The van der Waals surface area contributed by atoms with E-state index >= 15 is 0 Å². The van der Waals surface area contributed by atoms with Crippen LogP contribution in [-0.4, -0.2) is 18.5 Å². The maximum absolute atomic E-state index is 14.3. The Labute approximate surface area is 135 Å². The van der Waals surface area contributed by atoms with Crippen LogP contribution in [0.1, 0.15) is 28.8 Å². The van der Waals surface area contributed by atoms with Gasteiger partial charge in [0.1, 0.15) is 5.82 Å². The van der Waals surface area contributed by atoms with Crippen molar-refractivity contribution in [2.75, 3.05) is 6.54 Å². The highest BCUT2D eigenvalue weighted by molar-refractivity contribution is 5.95. The first kappa shape index (κ1) is 15.7. The predicted molar refractivity (Wildman–Crippen MR) is 89.6 cm³/mol. The van der Waals surface area contributed by atoms with E-state index < -0.39 is 5.82 Å². The lowest BCUT2D eigenvalue weighted by Gasteiger charge is -2.16. The maximum atomic E-state index is 14.3. The van der Waals surface area contributed by atoms with Gasteiger partial charge in [-0.2, -0.15) is 0 Å². The van der Waals surface area contributed by atoms with Crippen molar-refractivity contribution in [2.45, 2.75) is 25.8 Å². The molecule has 3 rings (SSSR count). The third-order valence-corrected chi connectivity index (χ3v) is 4.36. The van der Waals surface area contributed by atoms with Crippen LogP contribution in [0.2, 0.25) is 0 Å². The molecule has 1 aliphatic carbocycles. The smallest absolute Gasteiger partial charge is 0.254 e. The van der Waals surface area contributed by atoms with E-state index in [2.05, 4.69) is 5.32 Å². The predicted octanol–water partition coefficient (Wildman–Crippen LogP) is 3.27. The monoisotopic (exact) mass is 312 g/mol. The van der Waals surface area contributed by atoms with Crippen molar-refractivity contribution in [3.63, 3.8) is 0 Å². The van der Waals surface area contributed by atoms with E-state index in [9.17, 15) is 9.18 Å². The van der Waals surface area contributed by atoms with Crippen molar-refractivity contribution in [3.05, 3.63) is 59.4 Å². The first-order chi connectivity index (χ1) is 11.1. The van der Waals surface area contributed by atoms with Crippen LogP contribution in [0.15, 0.2) is 42.5 Å². The third kappa shape index (κ3) is 3.59. The molecule has 1 saturated carbocycles. The number of nitrogens with one attached hydrogen (secondary N) is 1. The second-order valence-electron chi connectivity index (χ2n) is 6.21. The van der Waals surface area contributed by atoms with Gasteiger partial charge in [-0.05, 0) is 48.9 Å². The number of aryl methyl sites for hydroxylation is 1. The van der Waals surface area contributed by atoms with Gasteiger partial charge in [0.15, 0.2) is 0 Å². The molecule has 0 aliphatic heterocycles. The molecule has 0 saturated heterocycles. The van der Waals surface area contributed by atoms with Gasteiger partial charge in [-0.3, -0.25) is 4.79 Å². The lowest BCUT2D eigenvalue weighted by atomic mass is 10.0. The van der Waals surface area contributed by atoms with Crippen LogP contribution < -0.4 is 11.1 Å². The molecule has 2 aromatic rings. The molecule has 3 N–H and O–H groups in total. The number of hydrogen-bond acceptors (Lipinski definition) is 2. The van der Waals surface area contributed by atoms with Crippen molar-refractivity contribution in [1.29, 1.82) is 0 Å². The molecular weight excluding hydrogens is 291 g/mol. The molecule has 1 unspecified atom stereocenters. The number of carbonyl (C=O) groups excluding carboxylic acids is 1. The molecule has 23 heavy (non-hydrogen) atoms. The van der Waals surface area contributed by atoms with Crippen LogP contribution in [0, 0.1) is 18.7 Å². The van der Waals surface area contributed by atoms with Gasteiger partial charge in [0.2, 0.25) is 0 Å². The highest BCUT2D eigenvalue weighted by Gasteiger charge is 2.31. The number of amides is 1. The van der Waals surface area contributed by atoms with E-state index in [1.165, 1.54) is 6.07 Å². The minimum absolute atomic E-state index is 0.0568. The Hall–Kier alpha value is -2.20. The summed E-state index contributed by atoms with van der Waals surface area (Å²) in [4.78, 5) is 12.3. The average molecular weight is 312 g/mol. The molecule has 4 heteroatoms. The molecular formula is C19H21FN2O. The minimum Gasteiger partial charge on any atom is -0.348 e. The molecule has 0 aromatic heterocycles. The number of hydrogen-bond donors (Lipinski definition) is 2. The van der Waals surface area contributed by atoms with Crippen LogP contribution in [-0.2, 0) is 0 Å². The first-order valence-electron chi connectivity index (χ1n) is 7.96. The normalized spacial score (nSPS) is 15.3. The standard InChI is InChI=1S/C19H21FN2O/c1-12-2-4-13(5-3-12)15-8-9-16(17(20)10-15)19(23)22-18(11-21)14-6-7-14/h2-5,8-10,14,18H,6-7,11,21H2,1H3,(H,22,23). The van der Waals surface area contributed by atoms with E-state index in [0.717, 1.165) is 29.5 Å². The zero-order chi connectivity index (χ0) is 16.4. The molecule has 0 spiro atoms. The fourth-order valence-electron chi connectivity index (χ4n) is 2.74. The molecule has 1 atom stereocenters. The van der Waals surface area contributed by atoms with Gasteiger partial charge in [0, 0.05) is 12.6 Å². The molecule has 1 aliphatic rings. The summed E-state index contributed by atoms with van der Waals surface area (Å²) in [5.74, 6) is -0.453. The maximum Gasteiger partial charge on any atom is 0.254 e. The third-order valence-electron chi connectivity index (χ3n) is 4.36. The summed E-state index contributed by atoms with van der Waals surface area (Å²) < 4.78 is 14.3. The summed E-state index contributed by atoms with van der Waals surface area (Å²) >= 11 is 0. The molecule has 0 radical (unpaired) electrons. The Morgan fingerprint density at radius 2 is 1.87 bits per heavy atom. The number of benzene rings is 2. The molecule has 2 aromatic carbocycles. The number of rotatable bonds is 5. The van der Waals surface area contributed by atoms with E-state index in [1.807, 2.05) is 31.2 Å². The summed E-state index contributed by atoms with van der Waals surface area (Å²) in [6, 6.07) is 12.5. The summed E-state index contributed by atoms with van der Waals surface area (Å²) in [5.41, 5.74) is 8.59.